The van der Waals surface area contributed by atoms with Crippen LogP contribution in [0.25, 0.3) is 22.4 Å². The van der Waals surface area contributed by atoms with Gasteiger partial charge in [-0.3, -0.25) is 9.97 Å². The van der Waals surface area contributed by atoms with Crippen LogP contribution in [0.3, 0.4) is 0 Å². The number of ether oxygens (including phenoxy) is 1. The number of nitrogens with zero attached hydrogens (tertiary/aromatic N) is 3. The standard InChI is InChI=1S/C21H23N3O2/c1-5-18-14(3)19(20(24(18)4)21(25)26-6-2)16-9-7-15(8-10-16)17-13-22-11-12-23-17/h7-13H,5-6H2,1-4H3. The van der Waals surface area contributed by atoms with E-state index in [4.69, 9.17) is 4.74 Å². The van der Waals surface area contributed by atoms with Crippen LogP contribution in [0.4, 0.5) is 0 Å². The lowest BCUT2D eigenvalue weighted by atomic mass is 9.98. The van der Waals surface area contributed by atoms with E-state index in [0.717, 1.165) is 40.1 Å². The number of rotatable bonds is 5. The van der Waals surface area contributed by atoms with E-state index >= 15 is 0 Å². The lowest BCUT2D eigenvalue weighted by molar-refractivity contribution is 0.0516. The van der Waals surface area contributed by atoms with Crippen molar-refractivity contribution in [3.05, 3.63) is 59.8 Å². The van der Waals surface area contributed by atoms with Crippen LogP contribution < -0.4 is 0 Å². The molecule has 0 aliphatic heterocycles. The highest BCUT2D eigenvalue weighted by atomic mass is 16.5. The first kappa shape index (κ1) is 17.9. The first-order chi connectivity index (χ1) is 12.6. The van der Waals surface area contributed by atoms with Crippen molar-refractivity contribution in [1.82, 2.24) is 14.5 Å². The Bertz CT molecular complexity index is 913. The van der Waals surface area contributed by atoms with E-state index in [0.29, 0.717) is 12.3 Å². The molecule has 134 valence electrons. The van der Waals surface area contributed by atoms with Gasteiger partial charge in [0.1, 0.15) is 5.69 Å². The second-order valence-electron chi connectivity index (χ2n) is 6.10. The number of hydrogen-bond donors (Lipinski definition) is 0. The number of benzene rings is 1. The number of hydrogen-bond acceptors (Lipinski definition) is 4. The second kappa shape index (κ2) is 7.52. The third-order valence-corrected chi connectivity index (χ3v) is 4.62. The van der Waals surface area contributed by atoms with Crippen molar-refractivity contribution in [2.45, 2.75) is 27.2 Å². The number of carbonyl (C=O) groups excluding carboxylic acids is 1. The molecule has 3 aromatic rings. The fourth-order valence-electron chi connectivity index (χ4n) is 3.43. The fourth-order valence-corrected chi connectivity index (χ4v) is 3.43. The number of aromatic nitrogens is 3. The molecule has 0 saturated heterocycles. The molecule has 0 atom stereocenters. The van der Waals surface area contributed by atoms with Gasteiger partial charge >= 0.3 is 5.97 Å². The summed E-state index contributed by atoms with van der Waals surface area (Å²) in [6.45, 7) is 6.34. The molecule has 2 aromatic heterocycles. The van der Waals surface area contributed by atoms with Gasteiger partial charge in [0.05, 0.1) is 18.5 Å². The summed E-state index contributed by atoms with van der Waals surface area (Å²) < 4.78 is 7.26. The predicted octanol–water partition coefficient (Wildman–Crippen LogP) is 4.20. The summed E-state index contributed by atoms with van der Waals surface area (Å²) in [5.41, 5.74) is 6.61. The molecule has 5 nitrogen and oxygen atoms in total. The highest BCUT2D eigenvalue weighted by Crippen LogP contribution is 2.33. The molecule has 5 heteroatoms. The van der Waals surface area contributed by atoms with E-state index in [-0.39, 0.29) is 5.97 Å². The van der Waals surface area contributed by atoms with Crippen LogP contribution in [0.2, 0.25) is 0 Å². The topological polar surface area (TPSA) is 57.0 Å². The molecule has 0 saturated carbocycles. The third-order valence-electron chi connectivity index (χ3n) is 4.62. The first-order valence-electron chi connectivity index (χ1n) is 8.80. The summed E-state index contributed by atoms with van der Waals surface area (Å²) in [5, 5.41) is 0. The van der Waals surface area contributed by atoms with Gasteiger partial charge in [-0.2, -0.15) is 0 Å². The fraction of sp³-hybridized carbons (Fsp3) is 0.286. The Kier molecular flexibility index (Phi) is 5.16. The minimum absolute atomic E-state index is 0.286. The zero-order valence-corrected chi connectivity index (χ0v) is 15.6. The summed E-state index contributed by atoms with van der Waals surface area (Å²) in [6, 6.07) is 8.06. The smallest absolute Gasteiger partial charge is 0.355 e. The van der Waals surface area contributed by atoms with Crippen LogP contribution >= 0.6 is 0 Å². The van der Waals surface area contributed by atoms with Crippen LogP contribution in [-0.4, -0.2) is 27.1 Å². The van der Waals surface area contributed by atoms with E-state index in [9.17, 15) is 4.79 Å². The summed E-state index contributed by atoms with van der Waals surface area (Å²) in [6.07, 6.45) is 5.93. The maximum Gasteiger partial charge on any atom is 0.355 e. The molecule has 0 fully saturated rings. The Hall–Kier alpha value is -2.95. The van der Waals surface area contributed by atoms with Gasteiger partial charge in [-0.15, -0.1) is 0 Å². The molecule has 2 heterocycles. The van der Waals surface area contributed by atoms with Gasteiger partial charge in [0, 0.05) is 36.3 Å². The van der Waals surface area contributed by atoms with Crippen molar-refractivity contribution < 1.29 is 9.53 Å². The highest BCUT2D eigenvalue weighted by molar-refractivity contribution is 5.97. The molecule has 0 radical (unpaired) electrons. The lowest BCUT2D eigenvalue weighted by Crippen LogP contribution is -2.12. The SMILES string of the molecule is CCOC(=O)c1c(-c2ccc(-c3cnccn3)cc2)c(C)c(CC)n1C. The Labute approximate surface area is 153 Å². The molecular formula is C21H23N3O2. The maximum absolute atomic E-state index is 12.6. The van der Waals surface area contributed by atoms with Crippen molar-refractivity contribution in [3.63, 3.8) is 0 Å². The van der Waals surface area contributed by atoms with Crippen molar-refractivity contribution >= 4 is 5.97 Å². The van der Waals surface area contributed by atoms with E-state index in [1.807, 2.05) is 42.8 Å². The van der Waals surface area contributed by atoms with Gasteiger partial charge in [-0.1, -0.05) is 31.2 Å². The summed E-state index contributed by atoms with van der Waals surface area (Å²) in [4.78, 5) is 21.0. The van der Waals surface area contributed by atoms with Gasteiger partial charge in [-0.05, 0) is 31.4 Å². The van der Waals surface area contributed by atoms with Gasteiger partial charge < -0.3 is 9.30 Å². The molecule has 3 rings (SSSR count). The Morgan fingerprint density at radius 1 is 1.12 bits per heavy atom. The largest absolute Gasteiger partial charge is 0.461 e. The molecule has 0 aliphatic rings. The second-order valence-corrected chi connectivity index (χ2v) is 6.10. The van der Waals surface area contributed by atoms with Crippen LogP contribution in [0.5, 0.6) is 0 Å². The zero-order chi connectivity index (χ0) is 18.7. The number of carbonyl (C=O) groups is 1. The molecule has 0 bridgehead atoms. The Balaban J connectivity index is 2.10. The Morgan fingerprint density at radius 2 is 1.81 bits per heavy atom. The monoisotopic (exact) mass is 349 g/mol. The van der Waals surface area contributed by atoms with Crippen LogP contribution in [0.1, 0.15) is 35.6 Å². The minimum atomic E-state index is -0.286. The summed E-state index contributed by atoms with van der Waals surface area (Å²) in [5.74, 6) is -0.286. The maximum atomic E-state index is 12.6. The molecule has 0 aliphatic carbocycles. The van der Waals surface area contributed by atoms with Crippen LogP contribution in [0.15, 0.2) is 42.9 Å². The average Bonchev–Trinajstić information content (AvgIpc) is 2.92. The number of esters is 1. The first-order valence-corrected chi connectivity index (χ1v) is 8.80. The zero-order valence-electron chi connectivity index (χ0n) is 15.6. The highest BCUT2D eigenvalue weighted by Gasteiger charge is 2.24. The van der Waals surface area contributed by atoms with E-state index in [1.54, 1.807) is 18.6 Å². The summed E-state index contributed by atoms with van der Waals surface area (Å²) in [7, 11) is 1.93. The minimum Gasteiger partial charge on any atom is -0.461 e. The Morgan fingerprint density at radius 3 is 2.38 bits per heavy atom. The van der Waals surface area contributed by atoms with Gasteiger partial charge in [0.25, 0.3) is 0 Å². The summed E-state index contributed by atoms with van der Waals surface area (Å²) >= 11 is 0. The van der Waals surface area contributed by atoms with Gasteiger partial charge in [0.2, 0.25) is 0 Å². The van der Waals surface area contributed by atoms with Crippen molar-refractivity contribution in [2.24, 2.45) is 7.05 Å². The molecule has 0 unspecified atom stereocenters. The van der Waals surface area contributed by atoms with Crippen molar-refractivity contribution in [3.8, 4) is 22.4 Å². The van der Waals surface area contributed by atoms with E-state index in [2.05, 4.69) is 23.8 Å². The van der Waals surface area contributed by atoms with Gasteiger partial charge in [-0.25, -0.2) is 4.79 Å². The van der Waals surface area contributed by atoms with Crippen LogP contribution in [-0.2, 0) is 18.2 Å². The van der Waals surface area contributed by atoms with Gasteiger partial charge in [0.15, 0.2) is 0 Å². The van der Waals surface area contributed by atoms with Crippen molar-refractivity contribution in [2.75, 3.05) is 6.61 Å². The predicted molar refractivity (Wildman–Crippen MR) is 102 cm³/mol. The molecule has 0 amide bonds. The molecule has 1 aromatic carbocycles. The van der Waals surface area contributed by atoms with Crippen LogP contribution in [0, 0.1) is 6.92 Å². The average molecular weight is 349 g/mol. The quantitative estimate of drug-likeness (QED) is 0.648. The van der Waals surface area contributed by atoms with E-state index in [1.165, 1.54) is 0 Å². The third kappa shape index (κ3) is 3.12. The molecule has 26 heavy (non-hydrogen) atoms. The molecule has 0 spiro atoms. The van der Waals surface area contributed by atoms with Crippen molar-refractivity contribution in [1.29, 1.82) is 0 Å². The molecular weight excluding hydrogens is 326 g/mol. The molecule has 0 N–H and O–H groups in total. The lowest BCUT2D eigenvalue weighted by Gasteiger charge is -2.09. The van der Waals surface area contributed by atoms with E-state index < -0.39 is 0 Å². The normalized spacial score (nSPS) is 10.8.